The summed E-state index contributed by atoms with van der Waals surface area (Å²) in [4.78, 5) is 12.5. The van der Waals surface area contributed by atoms with E-state index in [1.54, 1.807) is 11.8 Å². The van der Waals surface area contributed by atoms with E-state index in [2.05, 4.69) is 5.32 Å². The highest BCUT2D eigenvalue weighted by Crippen LogP contribution is 2.31. The summed E-state index contributed by atoms with van der Waals surface area (Å²) in [6.07, 6.45) is -3.52. The van der Waals surface area contributed by atoms with Gasteiger partial charge in [-0.15, -0.1) is 0 Å². The molecule has 0 bridgehead atoms. The van der Waals surface area contributed by atoms with Crippen LogP contribution in [0.4, 0.5) is 13.2 Å². The Morgan fingerprint density at radius 1 is 1.44 bits per heavy atom. The molecule has 7 heteroatoms. The van der Waals surface area contributed by atoms with E-state index in [0.29, 0.717) is 5.75 Å². The number of nitrogens with zero attached hydrogens (tertiary/aromatic N) is 1. The zero-order valence-corrected chi connectivity index (χ0v) is 9.40. The summed E-state index contributed by atoms with van der Waals surface area (Å²) in [6, 6.07) is -1.63. The third-order valence-corrected chi connectivity index (χ3v) is 4.12. The molecule has 92 valence electrons. The first-order valence-electron chi connectivity index (χ1n) is 5.15. The van der Waals surface area contributed by atoms with E-state index >= 15 is 0 Å². The average Bonchev–Trinajstić information content (AvgIpc) is 2.68. The number of hydrogen-bond acceptors (Lipinski definition) is 3. The lowest BCUT2D eigenvalue weighted by molar-refractivity contribution is -0.193. The number of carbonyl (C=O) groups excluding carboxylic acids is 1. The molecule has 2 saturated heterocycles. The summed E-state index contributed by atoms with van der Waals surface area (Å²) in [5.74, 6) is 1.27. The number of alkyl halides is 3. The van der Waals surface area contributed by atoms with Crippen molar-refractivity contribution in [2.24, 2.45) is 0 Å². The molecule has 1 N–H and O–H groups in total. The first-order valence-corrected chi connectivity index (χ1v) is 6.31. The number of hydrogen-bond donors (Lipinski definition) is 1. The van der Waals surface area contributed by atoms with Gasteiger partial charge in [0, 0.05) is 18.3 Å². The van der Waals surface area contributed by atoms with Gasteiger partial charge >= 0.3 is 6.18 Å². The maximum Gasteiger partial charge on any atom is 0.405 e. The van der Waals surface area contributed by atoms with E-state index in [0.717, 1.165) is 12.2 Å². The van der Waals surface area contributed by atoms with Gasteiger partial charge in [-0.3, -0.25) is 9.69 Å². The van der Waals surface area contributed by atoms with E-state index in [9.17, 15) is 18.0 Å². The Morgan fingerprint density at radius 3 is 2.75 bits per heavy atom. The van der Waals surface area contributed by atoms with Gasteiger partial charge in [0.05, 0.1) is 6.54 Å². The quantitative estimate of drug-likeness (QED) is 0.753. The second kappa shape index (κ2) is 4.44. The number of amides is 1. The van der Waals surface area contributed by atoms with E-state index in [-0.39, 0.29) is 25.0 Å². The summed E-state index contributed by atoms with van der Waals surface area (Å²) in [6.45, 7) is -0.446. The van der Waals surface area contributed by atoms with Crippen LogP contribution in [-0.2, 0) is 4.79 Å². The number of piperazine rings is 1. The van der Waals surface area contributed by atoms with Gasteiger partial charge in [0.1, 0.15) is 6.04 Å². The normalized spacial score (nSPS) is 32.8. The van der Waals surface area contributed by atoms with Gasteiger partial charge in [-0.05, 0) is 12.2 Å². The van der Waals surface area contributed by atoms with Gasteiger partial charge < -0.3 is 5.32 Å². The molecule has 2 aliphatic rings. The van der Waals surface area contributed by atoms with Crippen LogP contribution in [0.2, 0.25) is 0 Å². The van der Waals surface area contributed by atoms with E-state index < -0.39 is 12.2 Å². The lowest BCUT2D eigenvalue weighted by Crippen LogP contribution is -2.62. The van der Waals surface area contributed by atoms with Crippen molar-refractivity contribution < 1.29 is 18.0 Å². The van der Waals surface area contributed by atoms with Gasteiger partial charge in [-0.2, -0.15) is 24.9 Å². The van der Waals surface area contributed by atoms with Crippen LogP contribution in [0.5, 0.6) is 0 Å². The van der Waals surface area contributed by atoms with Crippen molar-refractivity contribution in [3.63, 3.8) is 0 Å². The van der Waals surface area contributed by atoms with Gasteiger partial charge in [0.15, 0.2) is 0 Å². The van der Waals surface area contributed by atoms with Gasteiger partial charge in [0.25, 0.3) is 0 Å². The molecule has 0 aromatic carbocycles. The smallest absolute Gasteiger partial charge is 0.353 e. The molecule has 0 aromatic rings. The summed E-state index contributed by atoms with van der Waals surface area (Å²) in [7, 11) is 0. The molecule has 0 aliphatic carbocycles. The van der Waals surface area contributed by atoms with E-state index in [4.69, 9.17) is 0 Å². The van der Waals surface area contributed by atoms with Crippen molar-refractivity contribution in [3.8, 4) is 0 Å². The topological polar surface area (TPSA) is 32.3 Å². The molecule has 2 heterocycles. The minimum Gasteiger partial charge on any atom is -0.353 e. The van der Waals surface area contributed by atoms with Gasteiger partial charge in [0.2, 0.25) is 5.91 Å². The molecule has 3 nitrogen and oxygen atoms in total. The Morgan fingerprint density at radius 2 is 2.19 bits per heavy atom. The molecule has 0 aromatic heterocycles. The Labute approximate surface area is 95.7 Å². The minimum atomic E-state index is -4.26. The number of thioether (sulfide) groups is 1. The van der Waals surface area contributed by atoms with E-state index in [1.165, 1.54) is 4.90 Å². The van der Waals surface area contributed by atoms with Crippen LogP contribution < -0.4 is 5.32 Å². The predicted molar refractivity (Wildman–Crippen MR) is 55.3 cm³/mol. The maximum absolute atomic E-state index is 12.8. The van der Waals surface area contributed by atoms with Crippen molar-refractivity contribution in [1.29, 1.82) is 0 Å². The summed E-state index contributed by atoms with van der Waals surface area (Å²) < 4.78 is 38.3. The number of rotatable bonds is 1. The second-order valence-corrected chi connectivity index (χ2v) is 5.20. The largest absolute Gasteiger partial charge is 0.405 e. The zero-order valence-electron chi connectivity index (χ0n) is 8.59. The Bertz CT molecular complexity index is 278. The molecule has 2 aliphatic heterocycles. The van der Waals surface area contributed by atoms with Crippen molar-refractivity contribution in [1.82, 2.24) is 10.2 Å². The average molecular weight is 254 g/mol. The molecule has 2 fully saturated rings. The van der Waals surface area contributed by atoms with E-state index in [1.807, 2.05) is 0 Å². The summed E-state index contributed by atoms with van der Waals surface area (Å²) in [5.41, 5.74) is 0. The maximum atomic E-state index is 12.8. The molecule has 0 radical (unpaired) electrons. The first kappa shape index (κ1) is 12.0. The van der Waals surface area contributed by atoms with Crippen LogP contribution in [0, 0.1) is 0 Å². The standard InChI is InChI=1S/C9H13F3N2OS/c10-9(11,12)7-3-13-8(15)4-14(7)6-1-2-16-5-6/h6-7H,1-5H2,(H,13,15). The van der Waals surface area contributed by atoms with Crippen LogP contribution in [0.1, 0.15) is 6.42 Å². The molecule has 16 heavy (non-hydrogen) atoms. The zero-order chi connectivity index (χ0) is 11.8. The Balaban J connectivity index is 2.11. The van der Waals surface area contributed by atoms with Crippen molar-refractivity contribution in [2.45, 2.75) is 24.7 Å². The Kier molecular flexibility index (Phi) is 3.34. The highest BCUT2D eigenvalue weighted by molar-refractivity contribution is 7.99. The molecule has 2 atom stereocenters. The molecule has 0 spiro atoms. The lowest BCUT2D eigenvalue weighted by atomic mass is 10.1. The SMILES string of the molecule is O=C1CN(C2CCSC2)C(C(F)(F)F)CN1. The lowest BCUT2D eigenvalue weighted by Gasteiger charge is -2.39. The van der Waals surface area contributed by atoms with Gasteiger partial charge in [-0.25, -0.2) is 0 Å². The van der Waals surface area contributed by atoms with Gasteiger partial charge in [-0.1, -0.05) is 0 Å². The second-order valence-electron chi connectivity index (χ2n) is 4.05. The molecule has 1 amide bonds. The third-order valence-electron chi connectivity index (χ3n) is 2.97. The summed E-state index contributed by atoms with van der Waals surface area (Å²) in [5, 5.41) is 2.28. The first-order chi connectivity index (χ1) is 7.48. The van der Waals surface area contributed by atoms with Crippen LogP contribution in [0.15, 0.2) is 0 Å². The van der Waals surface area contributed by atoms with Crippen LogP contribution in [0.3, 0.4) is 0 Å². The van der Waals surface area contributed by atoms with Crippen LogP contribution >= 0.6 is 11.8 Å². The molecule has 0 saturated carbocycles. The highest BCUT2D eigenvalue weighted by atomic mass is 32.2. The highest BCUT2D eigenvalue weighted by Gasteiger charge is 2.48. The third kappa shape index (κ3) is 2.45. The molecular weight excluding hydrogens is 241 g/mol. The predicted octanol–water partition coefficient (Wildman–Crippen LogP) is 0.855. The van der Waals surface area contributed by atoms with Crippen LogP contribution in [0.25, 0.3) is 0 Å². The number of carbonyl (C=O) groups is 1. The fourth-order valence-corrected chi connectivity index (χ4v) is 3.37. The number of nitrogens with one attached hydrogen (secondary N) is 1. The molecule has 2 unspecified atom stereocenters. The fourth-order valence-electron chi connectivity index (χ4n) is 2.13. The fraction of sp³-hybridized carbons (Fsp3) is 0.889. The van der Waals surface area contributed by atoms with Crippen molar-refractivity contribution in [2.75, 3.05) is 24.6 Å². The van der Waals surface area contributed by atoms with Crippen molar-refractivity contribution >= 4 is 17.7 Å². The minimum absolute atomic E-state index is 0.109. The molecule has 2 rings (SSSR count). The number of halogens is 3. The summed E-state index contributed by atoms with van der Waals surface area (Å²) >= 11 is 1.65. The van der Waals surface area contributed by atoms with Crippen LogP contribution in [-0.4, -0.2) is 53.7 Å². The van der Waals surface area contributed by atoms with Crippen molar-refractivity contribution in [3.05, 3.63) is 0 Å². The molecular formula is C9H13F3N2OS. The Hall–Kier alpha value is -0.430. The monoisotopic (exact) mass is 254 g/mol.